The molecule has 0 unspecified atom stereocenters. The number of aromatic nitrogens is 2. The highest BCUT2D eigenvalue weighted by atomic mass is 16.5. The maximum Gasteiger partial charge on any atom is 0.240 e. The van der Waals surface area contributed by atoms with E-state index in [2.05, 4.69) is 39.3 Å². The highest BCUT2D eigenvalue weighted by molar-refractivity contribution is 5.84. The van der Waals surface area contributed by atoms with E-state index in [1.54, 1.807) is 7.11 Å². The Bertz CT molecular complexity index is 782. The van der Waals surface area contributed by atoms with Gasteiger partial charge in [-0.05, 0) is 48.5 Å². The van der Waals surface area contributed by atoms with Gasteiger partial charge in [-0.1, -0.05) is 23.4 Å². The van der Waals surface area contributed by atoms with Gasteiger partial charge in [0.05, 0.1) is 13.7 Å². The largest absolute Gasteiger partial charge is 0.497 e. The highest BCUT2D eigenvalue weighted by Crippen LogP contribution is 2.22. The third kappa shape index (κ3) is 3.26. The van der Waals surface area contributed by atoms with Gasteiger partial charge in [-0.3, -0.25) is 4.90 Å². The summed E-state index contributed by atoms with van der Waals surface area (Å²) in [5, 5.41) is 6.20. The molecule has 22 heavy (non-hydrogen) atoms. The Balaban J connectivity index is 1.73. The third-order valence-electron chi connectivity index (χ3n) is 3.54. The van der Waals surface area contributed by atoms with Gasteiger partial charge in [-0.15, -0.1) is 0 Å². The second kappa shape index (κ2) is 6.15. The van der Waals surface area contributed by atoms with E-state index < -0.39 is 0 Å². The van der Waals surface area contributed by atoms with Gasteiger partial charge >= 0.3 is 0 Å². The van der Waals surface area contributed by atoms with Gasteiger partial charge < -0.3 is 9.26 Å². The zero-order valence-electron chi connectivity index (χ0n) is 13.0. The zero-order valence-corrected chi connectivity index (χ0v) is 13.0. The van der Waals surface area contributed by atoms with Crippen LogP contribution in [0.4, 0.5) is 0 Å². The fourth-order valence-corrected chi connectivity index (χ4v) is 2.50. The van der Waals surface area contributed by atoms with Crippen molar-refractivity contribution in [1.29, 1.82) is 0 Å². The van der Waals surface area contributed by atoms with Gasteiger partial charge in [-0.25, -0.2) is 0 Å². The molecule has 0 atom stereocenters. The quantitative estimate of drug-likeness (QED) is 0.724. The Hall–Kier alpha value is -2.40. The maximum absolute atomic E-state index is 5.25. The van der Waals surface area contributed by atoms with E-state index in [4.69, 9.17) is 9.26 Å². The van der Waals surface area contributed by atoms with Crippen molar-refractivity contribution in [3.05, 3.63) is 53.7 Å². The van der Waals surface area contributed by atoms with Crippen LogP contribution in [0.3, 0.4) is 0 Å². The normalized spacial score (nSPS) is 11.3. The molecule has 0 radical (unpaired) electrons. The number of hydrogen-bond donors (Lipinski definition) is 0. The Kier molecular flexibility index (Phi) is 4.06. The molecule has 0 bridgehead atoms. The van der Waals surface area contributed by atoms with Crippen LogP contribution in [0, 0.1) is 6.92 Å². The first kappa shape index (κ1) is 14.5. The molecule has 0 saturated heterocycles. The van der Waals surface area contributed by atoms with Crippen LogP contribution in [0.5, 0.6) is 5.75 Å². The Morgan fingerprint density at radius 2 is 1.86 bits per heavy atom. The molecule has 3 rings (SSSR count). The van der Waals surface area contributed by atoms with Crippen molar-refractivity contribution in [2.45, 2.75) is 20.0 Å². The van der Waals surface area contributed by atoms with Crippen molar-refractivity contribution in [3.63, 3.8) is 0 Å². The number of rotatable bonds is 5. The van der Waals surface area contributed by atoms with Gasteiger partial charge in [0.2, 0.25) is 5.89 Å². The molecule has 1 heterocycles. The number of aryl methyl sites for hydroxylation is 1. The van der Waals surface area contributed by atoms with Crippen molar-refractivity contribution in [3.8, 4) is 5.75 Å². The minimum atomic E-state index is 0.640. The predicted octanol–water partition coefficient (Wildman–Crippen LogP) is 3.17. The van der Waals surface area contributed by atoms with E-state index in [1.165, 1.54) is 16.3 Å². The first-order valence-corrected chi connectivity index (χ1v) is 7.18. The number of benzene rings is 2. The van der Waals surface area contributed by atoms with Gasteiger partial charge in [0, 0.05) is 6.54 Å². The van der Waals surface area contributed by atoms with Crippen LogP contribution in [0.1, 0.15) is 17.3 Å². The molecule has 0 spiro atoms. The lowest BCUT2D eigenvalue weighted by Gasteiger charge is -2.14. The van der Waals surface area contributed by atoms with Crippen LogP contribution in [0.25, 0.3) is 10.8 Å². The minimum absolute atomic E-state index is 0.640. The molecule has 0 aliphatic rings. The SMILES string of the molecule is COc1ccc2cc(CN(C)Cc3nc(C)no3)ccc2c1. The smallest absolute Gasteiger partial charge is 0.240 e. The van der Waals surface area contributed by atoms with Crippen LogP contribution in [0.2, 0.25) is 0 Å². The number of nitrogens with zero attached hydrogens (tertiary/aromatic N) is 3. The van der Waals surface area contributed by atoms with Crippen molar-refractivity contribution in [2.75, 3.05) is 14.2 Å². The van der Waals surface area contributed by atoms with Gasteiger partial charge in [0.1, 0.15) is 5.75 Å². The van der Waals surface area contributed by atoms with Crippen molar-refractivity contribution >= 4 is 10.8 Å². The van der Waals surface area contributed by atoms with E-state index in [-0.39, 0.29) is 0 Å². The number of fused-ring (bicyclic) bond motifs is 1. The lowest BCUT2D eigenvalue weighted by Crippen LogP contribution is -2.17. The third-order valence-corrected chi connectivity index (χ3v) is 3.54. The van der Waals surface area contributed by atoms with Crippen molar-refractivity contribution in [1.82, 2.24) is 15.0 Å². The summed E-state index contributed by atoms with van der Waals surface area (Å²) in [4.78, 5) is 6.38. The Labute approximate surface area is 129 Å². The molecule has 5 heteroatoms. The zero-order chi connectivity index (χ0) is 15.5. The number of methoxy groups -OCH3 is 1. The summed E-state index contributed by atoms with van der Waals surface area (Å²) < 4.78 is 10.4. The molecular formula is C17H19N3O2. The summed E-state index contributed by atoms with van der Waals surface area (Å²) >= 11 is 0. The van der Waals surface area contributed by atoms with Crippen LogP contribution in [-0.4, -0.2) is 29.2 Å². The molecule has 1 aromatic heterocycles. The van der Waals surface area contributed by atoms with Crippen LogP contribution < -0.4 is 4.74 Å². The van der Waals surface area contributed by atoms with Crippen LogP contribution >= 0.6 is 0 Å². The van der Waals surface area contributed by atoms with E-state index in [1.807, 2.05) is 26.1 Å². The molecule has 0 aliphatic heterocycles. The average Bonchev–Trinajstić information content (AvgIpc) is 2.91. The monoisotopic (exact) mass is 297 g/mol. The minimum Gasteiger partial charge on any atom is -0.497 e. The summed E-state index contributed by atoms with van der Waals surface area (Å²) in [5.41, 5.74) is 1.25. The summed E-state index contributed by atoms with van der Waals surface area (Å²) in [5.74, 6) is 2.19. The van der Waals surface area contributed by atoms with Gasteiger partial charge in [0.25, 0.3) is 0 Å². The van der Waals surface area contributed by atoms with Crippen LogP contribution in [-0.2, 0) is 13.1 Å². The lowest BCUT2D eigenvalue weighted by atomic mass is 10.1. The standard InChI is InChI=1S/C17H19N3O2/c1-12-18-17(22-19-12)11-20(2)10-13-4-5-15-9-16(21-3)7-6-14(15)8-13/h4-9H,10-11H2,1-3H3. The molecule has 3 aromatic rings. The molecule has 0 saturated carbocycles. The first-order valence-electron chi connectivity index (χ1n) is 7.18. The van der Waals surface area contributed by atoms with Gasteiger partial charge in [-0.2, -0.15) is 4.98 Å². The second-order valence-electron chi connectivity index (χ2n) is 5.46. The van der Waals surface area contributed by atoms with E-state index in [0.717, 1.165) is 12.3 Å². The summed E-state index contributed by atoms with van der Waals surface area (Å²) in [6, 6.07) is 12.6. The van der Waals surface area contributed by atoms with Crippen LogP contribution in [0.15, 0.2) is 40.9 Å². The van der Waals surface area contributed by atoms with Crippen molar-refractivity contribution in [2.24, 2.45) is 0 Å². The summed E-state index contributed by atoms with van der Waals surface area (Å²) in [6.45, 7) is 3.29. The summed E-state index contributed by atoms with van der Waals surface area (Å²) in [6.07, 6.45) is 0. The molecule has 2 aromatic carbocycles. The van der Waals surface area contributed by atoms with E-state index in [0.29, 0.717) is 18.3 Å². The second-order valence-corrected chi connectivity index (χ2v) is 5.46. The predicted molar refractivity (Wildman–Crippen MR) is 84.7 cm³/mol. The van der Waals surface area contributed by atoms with Crippen molar-refractivity contribution < 1.29 is 9.26 Å². The maximum atomic E-state index is 5.25. The fraction of sp³-hybridized carbons (Fsp3) is 0.294. The Morgan fingerprint density at radius 1 is 1.09 bits per heavy atom. The van der Waals surface area contributed by atoms with E-state index in [9.17, 15) is 0 Å². The molecule has 0 N–H and O–H groups in total. The highest BCUT2D eigenvalue weighted by Gasteiger charge is 2.08. The topological polar surface area (TPSA) is 51.4 Å². The molecule has 0 fully saturated rings. The molecule has 0 amide bonds. The fourth-order valence-electron chi connectivity index (χ4n) is 2.50. The molecule has 114 valence electrons. The molecule has 5 nitrogen and oxygen atoms in total. The summed E-state index contributed by atoms with van der Waals surface area (Å²) in [7, 11) is 3.72. The first-order chi connectivity index (χ1) is 10.6. The van der Waals surface area contributed by atoms with E-state index >= 15 is 0 Å². The molecular weight excluding hydrogens is 278 g/mol. The number of ether oxygens (including phenoxy) is 1. The Morgan fingerprint density at radius 3 is 2.59 bits per heavy atom. The van der Waals surface area contributed by atoms with Gasteiger partial charge in [0.15, 0.2) is 5.82 Å². The number of hydrogen-bond acceptors (Lipinski definition) is 5. The average molecular weight is 297 g/mol. The lowest BCUT2D eigenvalue weighted by molar-refractivity contribution is 0.260. The molecule has 0 aliphatic carbocycles.